The fourth-order valence-corrected chi connectivity index (χ4v) is 3.01. The number of carbonyl (C=O) groups excluding carboxylic acids is 1. The second-order valence-corrected chi connectivity index (χ2v) is 6.59. The van der Waals surface area contributed by atoms with Crippen molar-refractivity contribution < 1.29 is 22.8 Å². The predicted octanol–water partition coefficient (Wildman–Crippen LogP) is 4.77. The van der Waals surface area contributed by atoms with Gasteiger partial charge in [-0.3, -0.25) is 9.59 Å². The van der Waals surface area contributed by atoms with Crippen LogP contribution in [0.3, 0.4) is 0 Å². The topological polar surface area (TPSA) is 81.7 Å². The molecule has 4 rings (SSSR count). The molecule has 0 spiro atoms. The molecule has 30 heavy (non-hydrogen) atoms. The number of aryl methyl sites for hydroxylation is 1. The lowest BCUT2D eigenvalue weighted by atomic mass is 10.1. The second-order valence-electron chi connectivity index (χ2n) is 6.59. The number of benzene rings is 2. The van der Waals surface area contributed by atoms with Crippen LogP contribution in [-0.4, -0.2) is 12.5 Å². The fraction of sp³-hybridized carbons (Fsp3) is 0.130. The summed E-state index contributed by atoms with van der Waals surface area (Å²) < 4.78 is 29.8. The van der Waals surface area contributed by atoms with Gasteiger partial charge in [0.1, 0.15) is 11.4 Å². The summed E-state index contributed by atoms with van der Waals surface area (Å²) in [7, 11) is 0. The molecule has 2 aromatic carbocycles. The normalized spacial score (nSPS) is 10.9. The Bertz CT molecular complexity index is 1240. The fourth-order valence-electron chi connectivity index (χ4n) is 3.01. The third-order valence-corrected chi connectivity index (χ3v) is 4.54. The highest BCUT2D eigenvalue weighted by molar-refractivity contribution is 5.92. The Morgan fingerprint density at radius 3 is 2.63 bits per heavy atom. The van der Waals surface area contributed by atoms with Gasteiger partial charge in [0.15, 0.2) is 12.4 Å². The molecule has 0 fully saturated rings. The van der Waals surface area contributed by atoms with Crippen molar-refractivity contribution in [1.82, 2.24) is 0 Å². The van der Waals surface area contributed by atoms with E-state index in [1.54, 1.807) is 24.3 Å². The monoisotopic (exact) mass is 407 g/mol. The van der Waals surface area contributed by atoms with Crippen molar-refractivity contribution in [2.24, 2.45) is 0 Å². The van der Waals surface area contributed by atoms with Gasteiger partial charge in [-0.2, -0.15) is 0 Å². The summed E-state index contributed by atoms with van der Waals surface area (Å²) in [4.78, 5) is 25.4. The van der Waals surface area contributed by atoms with E-state index in [0.717, 1.165) is 12.0 Å². The SMILES string of the molecule is CCc1ccc2oc(-c3ccco3)c(OCC(=O)Nc3ccc(F)cc3)c(=O)c2c1. The number of rotatable bonds is 6. The van der Waals surface area contributed by atoms with Crippen LogP contribution in [0.1, 0.15) is 12.5 Å². The van der Waals surface area contributed by atoms with Crippen molar-refractivity contribution in [3.8, 4) is 17.3 Å². The number of nitrogens with one attached hydrogen (secondary N) is 1. The number of fused-ring (bicyclic) bond motifs is 1. The molecule has 0 unspecified atom stereocenters. The molecule has 0 aliphatic heterocycles. The van der Waals surface area contributed by atoms with Crippen molar-refractivity contribution >= 4 is 22.6 Å². The predicted molar refractivity (Wildman–Crippen MR) is 110 cm³/mol. The van der Waals surface area contributed by atoms with Gasteiger partial charge in [-0.15, -0.1) is 0 Å². The van der Waals surface area contributed by atoms with E-state index < -0.39 is 23.8 Å². The smallest absolute Gasteiger partial charge is 0.262 e. The molecule has 0 saturated heterocycles. The van der Waals surface area contributed by atoms with Crippen LogP contribution in [-0.2, 0) is 11.2 Å². The summed E-state index contributed by atoms with van der Waals surface area (Å²) >= 11 is 0. The van der Waals surface area contributed by atoms with Gasteiger partial charge < -0.3 is 18.9 Å². The third-order valence-electron chi connectivity index (χ3n) is 4.54. The van der Waals surface area contributed by atoms with E-state index in [1.165, 1.54) is 30.5 Å². The van der Waals surface area contributed by atoms with Crippen molar-refractivity contribution in [3.63, 3.8) is 0 Å². The van der Waals surface area contributed by atoms with E-state index in [1.807, 2.05) is 13.0 Å². The maximum atomic E-state index is 13.1. The molecule has 2 aromatic heterocycles. The molecule has 6 nitrogen and oxygen atoms in total. The number of furan rings is 1. The largest absolute Gasteiger partial charge is 0.476 e. The molecule has 152 valence electrons. The highest BCUT2D eigenvalue weighted by Crippen LogP contribution is 2.31. The van der Waals surface area contributed by atoms with Gasteiger partial charge in [0.25, 0.3) is 5.91 Å². The molecule has 2 heterocycles. The van der Waals surface area contributed by atoms with Crippen molar-refractivity contribution in [2.75, 3.05) is 11.9 Å². The molecule has 0 aliphatic rings. The minimum Gasteiger partial charge on any atom is -0.476 e. The van der Waals surface area contributed by atoms with E-state index >= 15 is 0 Å². The number of ether oxygens (including phenoxy) is 1. The molecule has 0 saturated carbocycles. The molecular weight excluding hydrogens is 389 g/mol. The van der Waals surface area contributed by atoms with Gasteiger partial charge in [-0.05, 0) is 60.5 Å². The van der Waals surface area contributed by atoms with Crippen LogP contribution >= 0.6 is 0 Å². The maximum Gasteiger partial charge on any atom is 0.262 e. The van der Waals surface area contributed by atoms with Crippen molar-refractivity contribution in [3.05, 3.63) is 82.5 Å². The zero-order chi connectivity index (χ0) is 21.1. The van der Waals surface area contributed by atoms with Crippen molar-refractivity contribution in [1.29, 1.82) is 0 Å². The Morgan fingerprint density at radius 2 is 1.93 bits per heavy atom. The summed E-state index contributed by atoms with van der Waals surface area (Å²) in [5.74, 6) is -0.611. The second kappa shape index (κ2) is 8.24. The molecule has 4 aromatic rings. The van der Waals surface area contributed by atoms with Gasteiger partial charge in [0, 0.05) is 5.69 Å². The number of hydrogen-bond acceptors (Lipinski definition) is 5. The van der Waals surface area contributed by atoms with Crippen LogP contribution in [0.5, 0.6) is 5.75 Å². The first kappa shape index (κ1) is 19.4. The van der Waals surface area contributed by atoms with Gasteiger partial charge in [0.05, 0.1) is 11.6 Å². The number of anilines is 1. The molecule has 0 bridgehead atoms. The van der Waals surface area contributed by atoms with Gasteiger partial charge in [0.2, 0.25) is 16.9 Å². The quantitative estimate of drug-likeness (QED) is 0.498. The molecule has 7 heteroatoms. The molecule has 0 radical (unpaired) electrons. The molecule has 1 amide bonds. The van der Waals surface area contributed by atoms with Crippen LogP contribution in [0.4, 0.5) is 10.1 Å². The highest BCUT2D eigenvalue weighted by Gasteiger charge is 2.21. The van der Waals surface area contributed by atoms with E-state index in [4.69, 9.17) is 13.6 Å². The summed E-state index contributed by atoms with van der Waals surface area (Å²) in [5, 5.41) is 2.94. The zero-order valence-corrected chi connectivity index (χ0v) is 16.1. The minimum atomic E-state index is -0.506. The first-order valence-corrected chi connectivity index (χ1v) is 9.37. The Hall–Kier alpha value is -3.87. The maximum absolute atomic E-state index is 13.1. The third kappa shape index (κ3) is 3.96. The minimum absolute atomic E-state index is 0.108. The summed E-state index contributed by atoms with van der Waals surface area (Å²) in [5.41, 5.74) is 1.38. The van der Waals surface area contributed by atoms with Crippen LogP contribution in [0.25, 0.3) is 22.5 Å². The standard InChI is InChI=1S/C23H18FNO5/c1-2-14-5-10-18-17(12-14)21(27)23(22(30-18)19-4-3-11-28-19)29-13-20(26)25-16-8-6-15(24)7-9-16/h3-12H,2,13H2,1H3,(H,25,26). The molecule has 1 N–H and O–H groups in total. The van der Waals surface area contributed by atoms with Crippen molar-refractivity contribution in [2.45, 2.75) is 13.3 Å². The zero-order valence-electron chi connectivity index (χ0n) is 16.1. The van der Waals surface area contributed by atoms with Crippen LogP contribution in [0.15, 0.2) is 74.5 Å². The Morgan fingerprint density at radius 1 is 1.13 bits per heavy atom. The lowest BCUT2D eigenvalue weighted by Gasteiger charge is -2.11. The van der Waals surface area contributed by atoms with E-state index in [0.29, 0.717) is 22.4 Å². The van der Waals surface area contributed by atoms with E-state index in [9.17, 15) is 14.0 Å². The lowest BCUT2D eigenvalue weighted by Crippen LogP contribution is -2.22. The van der Waals surface area contributed by atoms with Crippen LogP contribution in [0, 0.1) is 5.82 Å². The first-order valence-electron chi connectivity index (χ1n) is 9.37. The first-order chi connectivity index (χ1) is 14.5. The summed E-state index contributed by atoms with van der Waals surface area (Å²) in [6.45, 7) is 1.55. The number of hydrogen-bond donors (Lipinski definition) is 1. The van der Waals surface area contributed by atoms with Crippen LogP contribution in [0.2, 0.25) is 0 Å². The van der Waals surface area contributed by atoms with E-state index in [-0.39, 0.29) is 11.5 Å². The summed E-state index contributed by atoms with van der Waals surface area (Å²) in [6.07, 6.45) is 2.20. The Labute approximate surface area is 170 Å². The number of halogens is 1. The lowest BCUT2D eigenvalue weighted by molar-refractivity contribution is -0.118. The van der Waals surface area contributed by atoms with Crippen LogP contribution < -0.4 is 15.5 Å². The number of carbonyl (C=O) groups is 1. The van der Waals surface area contributed by atoms with E-state index in [2.05, 4.69) is 5.32 Å². The number of amides is 1. The average Bonchev–Trinajstić information content (AvgIpc) is 3.29. The van der Waals surface area contributed by atoms with Gasteiger partial charge in [-0.25, -0.2) is 4.39 Å². The van der Waals surface area contributed by atoms with Gasteiger partial charge in [-0.1, -0.05) is 13.0 Å². The summed E-state index contributed by atoms with van der Waals surface area (Å²) in [6, 6.07) is 14.0. The molecular formula is C23H18FNO5. The molecule has 0 aliphatic carbocycles. The highest BCUT2D eigenvalue weighted by atomic mass is 19.1. The molecule has 0 atom stereocenters. The Balaban J connectivity index is 1.66. The Kier molecular flexibility index (Phi) is 5.34. The average molecular weight is 407 g/mol. The van der Waals surface area contributed by atoms with Gasteiger partial charge >= 0.3 is 0 Å².